The molecule has 1 fully saturated rings. The summed E-state index contributed by atoms with van der Waals surface area (Å²) in [5.41, 5.74) is 4.79. The number of aromatic carboxylic acids is 1. The molecule has 3 rings (SSSR count). The van der Waals surface area contributed by atoms with Crippen molar-refractivity contribution < 1.29 is 14.3 Å². The van der Waals surface area contributed by atoms with Gasteiger partial charge in [-0.05, 0) is 44.2 Å². The molecule has 4 N–H and O–H groups in total. The highest BCUT2D eigenvalue weighted by atomic mass is 19.1. The normalized spacial score (nSPS) is 20.6. The highest BCUT2D eigenvalue weighted by Crippen LogP contribution is 2.27. The number of carboxylic acid groups (broad SMARTS) is 1. The number of nitrogens with two attached hydrogens (primary N) is 1. The van der Waals surface area contributed by atoms with Gasteiger partial charge in [-0.25, -0.2) is 14.2 Å². The molecule has 8 heteroatoms. The highest BCUT2D eigenvalue weighted by Gasteiger charge is 2.22. The number of anilines is 1. The van der Waals surface area contributed by atoms with Gasteiger partial charge in [-0.3, -0.25) is 4.79 Å². The third-order valence-corrected chi connectivity index (χ3v) is 4.85. The minimum Gasteiger partial charge on any atom is -0.477 e. The van der Waals surface area contributed by atoms with Crippen LogP contribution >= 0.6 is 0 Å². The molecular formula is C17H21FN4O3. The molecule has 0 aliphatic heterocycles. The zero-order valence-electron chi connectivity index (χ0n) is 14.0. The molecule has 7 nitrogen and oxygen atoms in total. The Bertz CT molecular complexity index is 872. The number of fused-ring (bicyclic) bond motifs is 1. The lowest BCUT2D eigenvalue weighted by Crippen LogP contribution is -2.30. The smallest absolute Gasteiger partial charge is 0.341 e. The summed E-state index contributed by atoms with van der Waals surface area (Å²) in [7, 11) is 1.58. The van der Waals surface area contributed by atoms with E-state index in [-0.39, 0.29) is 22.9 Å². The average Bonchev–Trinajstić information content (AvgIpc) is 2.59. The van der Waals surface area contributed by atoms with Gasteiger partial charge in [-0.1, -0.05) is 0 Å². The van der Waals surface area contributed by atoms with Crippen molar-refractivity contribution in [2.75, 3.05) is 11.9 Å². The lowest BCUT2D eigenvalue weighted by Gasteiger charge is -2.28. The van der Waals surface area contributed by atoms with Gasteiger partial charge in [-0.2, -0.15) is 0 Å². The van der Waals surface area contributed by atoms with E-state index >= 15 is 0 Å². The Balaban J connectivity index is 1.94. The maximum absolute atomic E-state index is 14.4. The van der Waals surface area contributed by atoms with Crippen molar-refractivity contribution in [3.8, 4) is 0 Å². The maximum atomic E-state index is 14.4. The van der Waals surface area contributed by atoms with E-state index in [9.17, 15) is 14.0 Å². The quantitative estimate of drug-likeness (QED) is 0.776. The van der Waals surface area contributed by atoms with E-state index < -0.39 is 22.8 Å². The molecule has 1 saturated carbocycles. The third kappa shape index (κ3) is 3.34. The minimum absolute atomic E-state index is 0.0442. The molecule has 0 aromatic carbocycles. The van der Waals surface area contributed by atoms with Crippen LogP contribution in [-0.4, -0.2) is 33.2 Å². The molecule has 134 valence electrons. The molecule has 2 heterocycles. The number of halogens is 1. The summed E-state index contributed by atoms with van der Waals surface area (Å²) < 4.78 is 15.8. The largest absolute Gasteiger partial charge is 0.477 e. The SMILES string of the molecule is Cn1cc(C(=O)O)c(=O)c2cc(F)c(N[C@H]3CC[C@H](CN)CC3)nc21. The molecule has 1 aliphatic carbocycles. The van der Waals surface area contributed by atoms with Crippen molar-refractivity contribution >= 4 is 22.8 Å². The minimum atomic E-state index is -1.35. The van der Waals surface area contributed by atoms with Crippen LogP contribution < -0.4 is 16.5 Å². The molecule has 25 heavy (non-hydrogen) atoms. The number of aryl methyl sites for hydroxylation is 1. The first-order valence-electron chi connectivity index (χ1n) is 8.30. The first-order valence-corrected chi connectivity index (χ1v) is 8.30. The van der Waals surface area contributed by atoms with E-state index in [1.807, 2.05) is 0 Å². The van der Waals surface area contributed by atoms with E-state index in [1.54, 1.807) is 7.05 Å². The van der Waals surface area contributed by atoms with Crippen LogP contribution in [0.1, 0.15) is 36.0 Å². The van der Waals surface area contributed by atoms with Gasteiger partial charge in [0.25, 0.3) is 0 Å². The van der Waals surface area contributed by atoms with Crippen LogP contribution in [0, 0.1) is 11.7 Å². The van der Waals surface area contributed by atoms with Gasteiger partial charge in [0, 0.05) is 19.3 Å². The molecular weight excluding hydrogens is 327 g/mol. The van der Waals surface area contributed by atoms with Crippen LogP contribution in [0.15, 0.2) is 17.1 Å². The summed E-state index contributed by atoms with van der Waals surface area (Å²) in [5, 5.41) is 12.1. The third-order valence-electron chi connectivity index (χ3n) is 4.85. The van der Waals surface area contributed by atoms with Crippen LogP contribution in [-0.2, 0) is 7.05 Å². The number of nitrogens with zero attached hydrogens (tertiary/aromatic N) is 2. The molecule has 0 saturated heterocycles. The van der Waals surface area contributed by atoms with E-state index in [2.05, 4.69) is 10.3 Å². The van der Waals surface area contributed by atoms with Gasteiger partial charge in [-0.15, -0.1) is 0 Å². The second-order valence-electron chi connectivity index (χ2n) is 6.58. The Morgan fingerprint density at radius 1 is 1.44 bits per heavy atom. The topological polar surface area (TPSA) is 110 Å². The lowest BCUT2D eigenvalue weighted by atomic mass is 9.86. The first kappa shape index (κ1) is 17.3. The van der Waals surface area contributed by atoms with E-state index in [1.165, 1.54) is 10.8 Å². The first-order chi connectivity index (χ1) is 11.9. The van der Waals surface area contributed by atoms with Crippen LogP contribution in [0.25, 0.3) is 11.0 Å². The zero-order valence-corrected chi connectivity index (χ0v) is 14.0. The fourth-order valence-electron chi connectivity index (χ4n) is 3.36. The summed E-state index contributed by atoms with van der Waals surface area (Å²) in [5.74, 6) is -1.40. The van der Waals surface area contributed by atoms with Crippen LogP contribution in [0.4, 0.5) is 10.2 Å². The molecule has 2 aromatic heterocycles. The second kappa shape index (κ2) is 6.79. The molecule has 1 aliphatic rings. The Labute approximate surface area is 143 Å². The Morgan fingerprint density at radius 2 is 2.12 bits per heavy atom. The number of carboxylic acids is 1. The molecule has 0 unspecified atom stereocenters. The number of carbonyl (C=O) groups is 1. The number of nitrogens with one attached hydrogen (secondary N) is 1. The molecule has 0 atom stereocenters. The van der Waals surface area contributed by atoms with Crippen molar-refractivity contribution in [1.82, 2.24) is 9.55 Å². The van der Waals surface area contributed by atoms with Crippen molar-refractivity contribution in [3.63, 3.8) is 0 Å². The molecule has 0 spiro atoms. The maximum Gasteiger partial charge on any atom is 0.341 e. The van der Waals surface area contributed by atoms with E-state index in [0.29, 0.717) is 12.5 Å². The average molecular weight is 348 g/mol. The molecule has 0 bridgehead atoms. The molecule has 2 aromatic rings. The monoisotopic (exact) mass is 348 g/mol. The summed E-state index contributed by atoms with van der Waals surface area (Å²) in [4.78, 5) is 27.6. The standard InChI is InChI=1S/C17H21FN4O3/c1-22-8-12(17(24)25)14(23)11-6-13(18)15(21-16(11)22)20-10-4-2-9(7-19)3-5-10/h6,8-10H,2-5,7,19H2,1H3,(H,20,21)(H,24,25)/t9-,10-. The van der Waals surface area contributed by atoms with Crippen LogP contribution in [0.5, 0.6) is 0 Å². The fraction of sp³-hybridized carbons (Fsp3) is 0.471. The summed E-state index contributed by atoms with van der Waals surface area (Å²) in [6.07, 6.45) is 4.96. The van der Waals surface area contributed by atoms with Gasteiger partial charge in [0.1, 0.15) is 11.2 Å². The van der Waals surface area contributed by atoms with Crippen molar-refractivity contribution in [3.05, 3.63) is 33.9 Å². The van der Waals surface area contributed by atoms with Gasteiger partial charge in [0.05, 0.1) is 5.39 Å². The van der Waals surface area contributed by atoms with E-state index in [4.69, 9.17) is 10.8 Å². The molecule has 0 amide bonds. The highest BCUT2D eigenvalue weighted by molar-refractivity contribution is 5.92. The Kier molecular flexibility index (Phi) is 4.71. The fourth-order valence-corrected chi connectivity index (χ4v) is 3.36. The van der Waals surface area contributed by atoms with Gasteiger partial charge in [0.15, 0.2) is 11.6 Å². The Morgan fingerprint density at radius 3 is 2.72 bits per heavy atom. The van der Waals surface area contributed by atoms with Crippen LogP contribution in [0.2, 0.25) is 0 Å². The Hall–Kier alpha value is -2.48. The number of hydrogen-bond donors (Lipinski definition) is 3. The van der Waals surface area contributed by atoms with Gasteiger partial charge >= 0.3 is 5.97 Å². The number of aromatic nitrogens is 2. The van der Waals surface area contributed by atoms with Crippen molar-refractivity contribution in [1.29, 1.82) is 0 Å². The summed E-state index contributed by atoms with van der Waals surface area (Å²) in [6.45, 7) is 0.670. The number of pyridine rings is 2. The van der Waals surface area contributed by atoms with Crippen molar-refractivity contribution in [2.45, 2.75) is 31.7 Å². The second-order valence-corrected chi connectivity index (χ2v) is 6.58. The summed E-state index contributed by atoms with van der Waals surface area (Å²) in [6, 6.07) is 1.17. The van der Waals surface area contributed by atoms with Crippen LogP contribution in [0.3, 0.4) is 0 Å². The zero-order chi connectivity index (χ0) is 18.1. The molecule has 0 radical (unpaired) electrons. The van der Waals surface area contributed by atoms with Gasteiger partial charge < -0.3 is 20.7 Å². The number of rotatable bonds is 4. The van der Waals surface area contributed by atoms with Crippen molar-refractivity contribution in [2.24, 2.45) is 18.7 Å². The number of hydrogen-bond acceptors (Lipinski definition) is 5. The predicted molar refractivity (Wildman–Crippen MR) is 92.3 cm³/mol. The lowest BCUT2D eigenvalue weighted by molar-refractivity contribution is 0.0695. The van der Waals surface area contributed by atoms with E-state index in [0.717, 1.165) is 31.7 Å². The van der Waals surface area contributed by atoms with Gasteiger partial charge in [0.2, 0.25) is 5.43 Å². The summed E-state index contributed by atoms with van der Waals surface area (Å²) >= 11 is 0. The predicted octanol–water partition coefficient (Wildman–Crippen LogP) is 1.70.